The average molecular weight is 321 g/mol. The summed E-state index contributed by atoms with van der Waals surface area (Å²) in [5, 5.41) is 4.75. The maximum atomic E-state index is 4.71. The first-order chi connectivity index (χ1) is 9.83. The van der Waals surface area contributed by atoms with Crippen LogP contribution in [0.1, 0.15) is 41.9 Å². The predicted molar refractivity (Wildman–Crippen MR) is 94.2 cm³/mol. The highest BCUT2D eigenvalue weighted by molar-refractivity contribution is 7.98. The van der Waals surface area contributed by atoms with Crippen LogP contribution in [-0.4, -0.2) is 10.5 Å². The lowest BCUT2D eigenvalue weighted by molar-refractivity contribution is 0.425. The van der Waals surface area contributed by atoms with Gasteiger partial charge in [0.25, 0.3) is 0 Å². The van der Waals surface area contributed by atoms with Crippen LogP contribution in [0.4, 0.5) is 0 Å². The number of nitrogens with zero attached hydrogens (tertiary/aromatic N) is 1. The summed E-state index contributed by atoms with van der Waals surface area (Å²) >= 11 is 3.69. The van der Waals surface area contributed by atoms with Gasteiger partial charge in [0, 0.05) is 21.9 Å². The summed E-state index contributed by atoms with van der Waals surface area (Å²) < 4.78 is 0. The molecule has 0 fully saturated rings. The molecule has 0 spiro atoms. The van der Waals surface area contributed by atoms with Gasteiger partial charge in [-0.2, -0.15) is 0 Å². The van der Waals surface area contributed by atoms with Crippen molar-refractivity contribution in [1.29, 1.82) is 0 Å². The van der Waals surface area contributed by atoms with Crippen LogP contribution in [0, 0.1) is 13.8 Å². The zero-order valence-electron chi connectivity index (χ0n) is 13.5. The molecule has 0 aliphatic carbocycles. The number of rotatable bonds is 5. The Morgan fingerprint density at radius 2 is 2.00 bits per heavy atom. The van der Waals surface area contributed by atoms with Crippen LogP contribution in [-0.2, 0) is 12.3 Å². The lowest BCUT2D eigenvalue weighted by Crippen LogP contribution is -2.34. The Bertz CT molecular complexity index is 597. The highest BCUT2D eigenvalue weighted by Crippen LogP contribution is 2.27. The minimum absolute atomic E-state index is 0.146. The van der Waals surface area contributed by atoms with Crippen molar-refractivity contribution in [3.8, 4) is 0 Å². The summed E-state index contributed by atoms with van der Waals surface area (Å²) in [4.78, 5) is 7.37. The molecule has 0 unspecified atom stereocenters. The first-order valence-electron chi connectivity index (χ1n) is 7.23. The normalized spacial score (nSPS) is 11.9. The number of thioether (sulfide) groups is 1. The Hall–Kier alpha value is -0.840. The van der Waals surface area contributed by atoms with Gasteiger partial charge in [-0.15, -0.1) is 23.1 Å². The molecule has 0 bridgehead atoms. The smallest absolute Gasteiger partial charge is 0.103 e. The second kappa shape index (κ2) is 6.95. The Balaban J connectivity index is 1.95. The van der Waals surface area contributed by atoms with Gasteiger partial charge in [0.05, 0.1) is 11.4 Å². The van der Waals surface area contributed by atoms with E-state index in [1.165, 1.54) is 20.3 Å². The lowest BCUT2D eigenvalue weighted by Gasteiger charge is -2.19. The van der Waals surface area contributed by atoms with E-state index in [0.717, 1.165) is 18.0 Å². The minimum Gasteiger partial charge on any atom is -0.307 e. The van der Waals surface area contributed by atoms with Crippen molar-refractivity contribution >= 4 is 23.1 Å². The number of aromatic nitrogens is 1. The van der Waals surface area contributed by atoms with Crippen LogP contribution in [0.15, 0.2) is 29.2 Å². The predicted octanol–water partition coefficient (Wildman–Crippen LogP) is 4.94. The van der Waals surface area contributed by atoms with Gasteiger partial charge in [0.2, 0.25) is 0 Å². The summed E-state index contributed by atoms with van der Waals surface area (Å²) in [7, 11) is 0. The molecule has 21 heavy (non-hydrogen) atoms. The van der Waals surface area contributed by atoms with Crippen molar-refractivity contribution in [2.45, 2.75) is 57.4 Å². The second-order valence-corrected chi connectivity index (χ2v) is 8.54. The minimum atomic E-state index is 0.146. The van der Waals surface area contributed by atoms with Crippen molar-refractivity contribution in [2.75, 3.05) is 0 Å². The molecule has 2 rings (SSSR count). The second-order valence-electron chi connectivity index (χ2n) is 6.32. The molecule has 1 heterocycles. The van der Waals surface area contributed by atoms with E-state index >= 15 is 0 Å². The maximum absolute atomic E-state index is 4.71. The third kappa shape index (κ3) is 5.46. The molecule has 2 aromatic rings. The van der Waals surface area contributed by atoms with Crippen molar-refractivity contribution in [1.82, 2.24) is 10.3 Å². The van der Waals surface area contributed by atoms with E-state index in [1.807, 2.05) is 23.1 Å². The third-order valence-corrected chi connectivity index (χ3v) is 5.41. The number of hydrogen-bond donors (Lipinski definition) is 1. The fourth-order valence-corrected chi connectivity index (χ4v) is 3.93. The molecular weight excluding hydrogens is 296 g/mol. The van der Waals surface area contributed by atoms with Gasteiger partial charge in [-0.3, -0.25) is 0 Å². The van der Waals surface area contributed by atoms with E-state index in [9.17, 15) is 0 Å². The van der Waals surface area contributed by atoms with Crippen molar-refractivity contribution in [3.63, 3.8) is 0 Å². The zero-order valence-corrected chi connectivity index (χ0v) is 15.1. The van der Waals surface area contributed by atoms with Gasteiger partial charge < -0.3 is 5.32 Å². The van der Waals surface area contributed by atoms with Gasteiger partial charge in [0.1, 0.15) is 5.01 Å². The molecule has 0 atom stereocenters. The monoisotopic (exact) mass is 320 g/mol. The molecule has 0 saturated heterocycles. The van der Waals surface area contributed by atoms with Crippen LogP contribution in [0.5, 0.6) is 0 Å². The molecular formula is C17H24N2S2. The summed E-state index contributed by atoms with van der Waals surface area (Å²) in [6, 6.07) is 8.64. The van der Waals surface area contributed by atoms with Gasteiger partial charge in [-0.05, 0) is 46.8 Å². The Morgan fingerprint density at radius 1 is 1.24 bits per heavy atom. The van der Waals surface area contributed by atoms with Gasteiger partial charge in [-0.25, -0.2) is 4.98 Å². The highest BCUT2D eigenvalue weighted by Gasteiger charge is 2.12. The number of benzene rings is 1. The van der Waals surface area contributed by atoms with E-state index in [1.54, 1.807) is 0 Å². The van der Waals surface area contributed by atoms with E-state index in [-0.39, 0.29) is 5.54 Å². The van der Waals surface area contributed by atoms with Crippen LogP contribution in [0.2, 0.25) is 0 Å². The Kier molecular flexibility index (Phi) is 5.47. The molecule has 1 aromatic carbocycles. The number of nitrogens with one attached hydrogen (secondary N) is 1. The SMILES string of the molecule is Cc1cccc(SCc2nc(C)c(CNC(C)(C)C)s2)c1. The largest absolute Gasteiger partial charge is 0.307 e. The van der Waals surface area contributed by atoms with E-state index in [4.69, 9.17) is 4.98 Å². The molecule has 1 aromatic heterocycles. The molecule has 0 amide bonds. The third-order valence-electron chi connectivity index (χ3n) is 3.07. The van der Waals surface area contributed by atoms with Crippen LogP contribution in [0.25, 0.3) is 0 Å². The summed E-state index contributed by atoms with van der Waals surface area (Å²) in [5.74, 6) is 0.949. The first-order valence-corrected chi connectivity index (χ1v) is 9.03. The Labute approximate surface area is 136 Å². The quantitative estimate of drug-likeness (QED) is 0.790. The maximum Gasteiger partial charge on any atom is 0.103 e. The molecule has 0 radical (unpaired) electrons. The van der Waals surface area contributed by atoms with Gasteiger partial charge in [-0.1, -0.05) is 17.7 Å². The van der Waals surface area contributed by atoms with Crippen LogP contribution in [0.3, 0.4) is 0 Å². The molecule has 114 valence electrons. The van der Waals surface area contributed by atoms with E-state index in [0.29, 0.717) is 0 Å². The van der Waals surface area contributed by atoms with Crippen molar-refractivity contribution in [2.24, 2.45) is 0 Å². The van der Waals surface area contributed by atoms with E-state index < -0.39 is 0 Å². The molecule has 0 aliphatic heterocycles. The summed E-state index contributed by atoms with van der Waals surface area (Å²) in [6.07, 6.45) is 0. The van der Waals surface area contributed by atoms with E-state index in [2.05, 4.69) is 64.2 Å². The van der Waals surface area contributed by atoms with Crippen LogP contribution >= 0.6 is 23.1 Å². The fourth-order valence-electron chi connectivity index (χ4n) is 1.91. The standard InChI is InChI=1S/C17H24N2S2/c1-12-7-6-8-14(9-12)20-11-16-19-13(2)15(21-16)10-18-17(3,4)5/h6-9,18H,10-11H2,1-5H3. The molecule has 0 saturated carbocycles. The molecule has 1 N–H and O–H groups in total. The van der Waals surface area contributed by atoms with Crippen molar-refractivity contribution in [3.05, 3.63) is 45.4 Å². The fraction of sp³-hybridized carbons (Fsp3) is 0.471. The van der Waals surface area contributed by atoms with Gasteiger partial charge >= 0.3 is 0 Å². The molecule has 2 nitrogen and oxygen atoms in total. The number of aryl methyl sites for hydroxylation is 2. The number of thiazole rings is 1. The number of hydrogen-bond acceptors (Lipinski definition) is 4. The Morgan fingerprint density at radius 3 is 2.67 bits per heavy atom. The molecule has 4 heteroatoms. The van der Waals surface area contributed by atoms with Crippen molar-refractivity contribution < 1.29 is 0 Å². The highest BCUT2D eigenvalue weighted by atomic mass is 32.2. The average Bonchev–Trinajstić information content (AvgIpc) is 2.74. The topological polar surface area (TPSA) is 24.9 Å². The first kappa shape index (κ1) is 16.5. The summed E-state index contributed by atoms with van der Waals surface area (Å²) in [6.45, 7) is 11.7. The van der Waals surface area contributed by atoms with Crippen LogP contribution < -0.4 is 5.32 Å². The zero-order chi connectivity index (χ0) is 15.5. The summed E-state index contributed by atoms with van der Waals surface area (Å²) in [5.41, 5.74) is 2.62. The van der Waals surface area contributed by atoms with Gasteiger partial charge in [0.15, 0.2) is 0 Å². The molecule has 0 aliphatic rings. The lowest BCUT2D eigenvalue weighted by atomic mass is 10.1.